The summed E-state index contributed by atoms with van der Waals surface area (Å²) < 4.78 is 55.3. The molecule has 0 radical (unpaired) electrons. The average Bonchev–Trinajstić information content (AvgIpc) is 3.26. The Morgan fingerprint density at radius 2 is 1.69 bits per heavy atom. The van der Waals surface area contributed by atoms with Crippen molar-refractivity contribution in [3.63, 3.8) is 0 Å². The summed E-state index contributed by atoms with van der Waals surface area (Å²) in [4.78, 5) is 12.6. The van der Waals surface area contributed by atoms with Crippen molar-refractivity contribution in [1.29, 1.82) is 0 Å². The molecule has 2 atom stereocenters. The van der Waals surface area contributed by atoms with Crippen LogP contribution in [0.15, 0.2) is 72.4 Å². The molecule has 42 heavy (non-hydrogen) atoms. The second-order valence-corrected chi connectivity index (χ2v) is 17.1. The molecule has 0 N–H and O–H groups in total. The summed E-state index contributed by atoms with van der Waals surface area (Å²) in [6, 6.07) is 7.87. The van der Waals surface area contributed by atoms with Crippen LogP contribution < -0.4 is 4.74 Å². The number of unbranched alkanes of at least 4 members (excludes halogenated alkanes) is 2. The minimum atomic E-state index is -4.22. The minimum absolute atomic E-state index is 0.00102. The van der Waals surface area contributed by atoms with E-state index in [0.717, 1.165) is 48.6 Å². The van der Waals surface area contributed by atoms with E-state index in [2.05, 4.69) is 46.0 Å². The van der Waals surface area contributed by atoms with Gasteiger partial charge in [-0.2, -0.15) is 13.2 Å². The molecule has 234 valence electrons. The van der Waals surface area contributed by atoms with Gasteiger partial charge in [-0.25, -0.2) is 0 Å². The zero-order valence-electron chi connectivity index (χ0n) is 26.1. The van der Waals surface area contributed by atoms with Crippen LogP contribution in [0, 0.1) is 5.92 Å². The number of ether oxygens (including phenoxy) is 2. The fourth-order valence-electron chi connectivity index (χ4n) is 4.29. The lowest BCUT2D eigenvalue weighted by molar-refractivity contribution is -0.125. The van der Waals surface area contributed by atoms with Crippen LogP contribution in [-0.2, 0) is 20.6 Å². The minimum Gasteiger partial charge on any atom is -0.497 e. The second-order valence-electron chi connectivity index (χ2n) is 12.4. The van der Waals surface area contributed by atoms with Crippen LogP contribution in [-0.4, -0.2) is 40.1 Å². The van der Waals surface area contributed by atoms with Crippen molar-refractivity contribution in [2.75, 3.05) is 13.7 Å². The predicted octanol–water partition coefficient (Wildman–Crippen LogP) is 9.69. The molecule has 0 spiro atoms. The van der Waals surface area contributed by atoms with Crippen LogP contribution in [0.4, 0.5) is 13.2 Å². The molecule has 0 unspecified atom stereocenters. The molecule has 0 fully saturated rings. The van der Waals surface area contributed by atoms with E-state index in [9.17, 15) is 18.0 Å². The molecule has 8 heteroatoms. The van der Waals surface area contributed by atoms with Crippen molar-refractivity contribution in [1.82, 2.24) is 0 Å². The highest BCUT2D eigenvalue weighted by Crippen LogP contribution is 2.38. The van der Waals surface area contributed by atoms with Gasteiger partial charge in [0.15, 0.2) is 14.1 Å². The third-order valence-electron chi connectivity index (χ3n) is 7.84. The van der Waals surface area contributed by atoms with Gasteiger partial charge < -0.3 is 13.9 Å². The highest BCUT2D eigenvalue weighted by molar-refractivity contribution is 6.74. The predicted molar refractivity (Wildman–Crippen MR) is 167 cm³/mol. The first-order valence-corrected chi connectivity index (χ1v) is 17.8. The van der Waals surface area contributed by atoms with Crippen molar-refractivity contribution in [2.24, 2.45) is 5.92 Å². The molecular formula is C34H49F3O4Si. The highest BCUT2D eigenvalue weighted by atomic mass is 28.4. The van der Waals surface area contributed by atoms with E-state index < -0.39 is 20.9 Å². The third-order valence-corrected chi connectivity index (χ3v) is 12.4. The second kappa shape index (κ2) is 17.0. The van der Waals surface area contributed by atoms with Gasteiger partial charge in [0.2, 0.25) is 0 Å². The van der Waals surface area contributed by atoms with E-state index >= 15 is 0 Å². The number of hydrogen-bond acceptors (Lipinski definition) is 4. The van der Waals surface area contributed by atoms with Gasteiger partial charge >= 0.3 is 6.18 Å². The summed E-state index contributed by atoms with van der Waals surface area (Å²) in [5, 5.41) is -0.0329. The molecule has 0 saturated carbocycles. The summed E-state index contributed by atoms with van der Waals surface area (Å²) in [6.45, 7) is 12.0. The van der Waals surface area contributed by atoms with Crippen LogP contribution in [0.2, 0.25) is 18.1 Å². The number of carbonyl (C=O) groups excluding carboxylic acids is 1. The van der Waals surface area contributed by atoms with Crippen LogP contribution in [0.5, 0.6) is 5.75 Å². The number of rotatable bonds is 17. The summed E-state index contributed by atoms with van der Waals surface area (Å²) >= 11 is 0. The molecule has 0 aromatic heterocycles. The number of benzene rings is 1. The fraction of sp³-hybridized carbons (Fsp3) is 0.559. The lowest BCUT2D eigenvalue weighted by Gasteiger charge is -2.39. The van der Waals surface area contributed by atoms with Gasteiger partial charge in [-0.1, -0.05) is 69.4 Å². The maximum absolute atomic E-state index is 12.6. The molecule has 0 aliphatic heterocycles. The Hall–Kier alpha value is -2.42. The molecule has 1 aromatic carbocycles. The summed E-state index contributed by atoms with van der Waals surface area (Å²) in [5.74, 6) is 0.846. The molecule has 0 bridgehead atoms. The fourth-order valence-corrected chi connectivity index (χ4v) is 5.67. The first-order valence-electron chi connectivity index (χ1n) is 14.9. The van der Waals surface area contributed by atoms with E-state index in [-0.39, 0.29) is 22.8 Å². The van der Waals surface area contributed by atoms with Gasteiger partial charge in [0, 0.05) is 18.1 Å². The first-order chi connectivity index (χ1) is 19.7. The molecule has 0 heterocycles. The van der Waals surface area contributed by atoms with Gasteiger partial charge in [-0.3, -0.25) is 4.79 Å². The largest absolute Gasteiger partial charge is 0.497 e. The standard InChI is InChI=1S/C34H49F3O4Si/c1-33(2,3)42(5,6)41-30(15-11-12-24-34(35,36)37)21-22-31-28(18-23-32(31)38)14-10-8-7-9-13-25-40-26-27-16-19-29(39-4)20-17-27/h8,10-12,16-20,22-23,28,30H,7,9,13-15,21,24-26H2,1-6H3/b10-8-,12-11-,31-22+/t28-,30-/m0/s1. The van der Waals surface area contributed by atoms with E-state index in [0.29, 0.717) is 26.1 Å². The maximum atomic E-state index is 12.6. The van der Waals surface area contributed by atoms with E-state index in [1.807, 2.05) is 36.4 Å². The van der Waals surface area contributed by atoms with Gasteiger partial charge in [0.25, 0.3) is 0 Å². The Morgan fingerprint density at radius 1 is 0.976 bits per heavy atom. The van der Waals surface area contributed by atoms with Gasteiger partial charge in [0.1, 0.15) is 5.75 Å². The monoisotopic (exact) mass is 606 g/mol. The average molecular weight is 607 g/mol. The lowest BCUT2D eigenvalue weighted by Crippen LogP contribution is -2.43. The maximum Gasteiger partial charge on any atom is 0.392 e. The van der Waals surface area contributed by atoms with Crippen LogP contribution in [0.1, 0.15) is 71.3 Å². The van der Waals surface area contributed by atoms with Crippen molar-refractivity contribution in [3.8, 4) is 5.75 Å². The molecule has 2 rings (SSSR count). The van der Waals surface area contributed by atoms with Crippen molar-refractivity contribution >= 4 is 14.1 Å². The number of allylic oxidation sites excluding steroid dienone is 6. The number of halogens is 3. The van der Waals surface area contributed by atoms with Crippen LogP contribution in [0.25, 0.3) is 0 Å². The van der Waals surface area contributed by atoms with E-state index in [4.69, 9.17) is 13.9 Å². The number of methoxy groups -OCH3 is 1. The van der Waals surface area contributed by atoms with Crippen LogP contribution in [0.3, 0.4) is 0 Å². The molecule has 1 aromatic rings. The SMILES string of the molecule is COc1ccc(COCCCC/C=C\C[C@H]2C=CC(=O)/C2=C/C[C@H](C/C=C\CC(F)(F)F)O[Si](C)(C)C(C)(C)C)cc1. The Morgan fingerprint density at radius 3 is 2.33 bits per heavy atom. The zero-order chi connectivity index (χ0) is 31.2. The smallest absolute Gasteiger partial charge is 0.392 e. The van der Waals surface area contributed by atoms with Gasteiger partial charge in [-0.15, -0.1) is 0 Å². The quantitative estimate of drug-likeness (QED) is 0.0766. The first kappa shape index (κ1) is 35.8. The Bertz CT molecular complexity index is 1080. The zero-order valence-corrected chi connectivity index (χ0v) is 27.1. The Kier molecular flexibility index (Phi) is 14.5. The normalized spacial score (nSPS) is 18.2. The molecule has 1 aliphatic carbocycles. The summed E-state index contributed by atoms with van der Waals surface area (Å²) in [6.07, 6.45) is 11.6. The van der Waals surface area contributed by atoms with Crippen molar-refractivity contribution in [2.45, 2.75) is 103 Å². The Labute approximate surface area is 251 Å². The number of ketones is 1. The number of carbonyl (C=O) groups is 1. The topological polar surface area (TPSA) is 44.8 Å². The molecule has 4 nitrogen and oxygen atoms in total. The molecule has 1 aliphatic rings. The summed E-state index contributed by atoms with van der Waals surface area (Å²) in [5.41, 5.74) is 1.86. The molecular weight excluding hydrogens is 557 g/mol. The number of alkyl halides is 3. The Balaban J connectivity index is 1.83. The van der Waals surface area contributed by atoms with E-state index in [1.54, 1.807) is 19.3 Å². The highest BCUT2D eigenvalue weighted by Gasteiger charge is 2.39. The number of hydrogen-bond donors (Lipinski definition) is 0. The van der Waals surface area contributed by atoms with Crippen molar-refractivity contribution < 1.29 is 31.9 Å². The lowest BCUT2D eigenvalue weighted by atomic mass is 9.96. The van der Waals surface area contributed by atoms with Gasteiger partial charge in [-0.05, 0) is 80.4 Å². The van der Waals surface area contributed by atoms with Gasteiger partial charge in [0.05, 0.1) is 26.2 Å². The van der Waals surface area contributed by atoms with Crippen LogP contribution >= 0.6 is 0 Å². The third kappa shape index (κ3) is 13.3. The van der Waals surface area contributed by atoms with Crippen molar-refractivity contribution in [3.05, 3.63) is 77.9 Å². The van der Waals surface area contributed by atoms with E-state index in [1.165, 1.54) is 0 Å². The summed E-state index contributed by atoms with van der Waals surface area (Å²) in [7, 11) is -0.499. The molecule has 0 amide bonds. The molecule has 0 saturated heterocycles.